The number of urea groups is 2. The molecule has 0 unspecified atom stereocenters. The van der Waals surface area contributed by atoms with E-state index >= 15 is 0 Å². The molecule has 0 aliphatic carbocycles. The van der Waals surface area contributed by atoms with Gasteiger partial charge in [-0.2, -0.15) is 0 Å². The van der Waals surface area contributed by atoms with Crippen LogP contribution in [0.4, 0.5) is 21.5 Å². The molecule has 2 heterocycles. The molecule has 0 aliphatic rings. The van der Waals surface area contributed by atoms with Crippen molar-refractivity contribution in [3.8, 4) is 0 Å². The molecule has 0 spiro atoms. The summed E-state index contributed by atoms with van der Waals surface area (Å²) in [6.07, 6.45) is 9.85. The fourth-order valence-corrected chi connectivity index (χ4v) is 2.03. The van der Waals surface area contributed by atoms with E-state index in [1.165, 1.54) is 0 Å². The summed E-state index contributed by atoms with van der Waals surface area (Å²) in [5.74, 6) is 0.547. The second kappa shape index (κ2) is 11.3. The van der Waals surface area contributed by atoms with Gasteiger partial charge in [0.05, 0.1) is 0 Å². The van der Waals surface area contributed by atoms with Crippen LogP contribution in [0.1, 0.15) is 25.7 Å². The van der Waals surface area contributed by atoms with Crippen LogP contribution in [0.25, 0.3) is 0 Å². The summed E-state index contributed by atoms with van der Waals surface area (Å²) < 4.78 is 0. The van der Waals surface area contributed by atoms with Crippen LogP contribution in [0, 0.1) is 0 Å². The highest BCUT2D eigenvalue weighted by molar-refractivity contribution is 5.87. The van der Waals surface area contributed by atoms with Crippen molar-refractivity contribution in [2.75, 3.05) is 23.7 Å². The Bertz CT molecular complexity index is 609. The summed E-state index contributed by atoms with van der Waals surface area (Å²) in [6, 6.07) is 2.71. The molecule has 2 aromatic rings. The molecule has 0 saturated carbocycles. The van der Waals surface area contributed by atoms with E-state index in [1.807, 2.05) is 0 Å². The van der Waals surface area contributed by atoms with Gasteiger partial charge in [-0.3, -0.25) is 10.6 Å². The Morgan fingerprint density at radius 3 is 1.42 bits per heavy atom. The number of anilines is 2. The number of aromatic nitrogens is 4. The lowest BCUT2D eigenvalue weighted by molar-refractivity contribution is 0.250. The van der Waals surface area contributed by atoms with Crippen molar-refractivity contribution >= 4 is 24.0 Å². The molecule has 10 heteroatoms. The molecule has 4 amide bonds. The summed E-state index contributed by atoms with van der Waals surface area (Å²) >= 11 is 0. The Morgan fingerprint density at radius 1 is 0.654 bits per heavy atom. The molecular formula is C16H22N8O2. The smallest absolute Gasteiger partial charge is 0.321 e. The van der Waals surface area contributed by atoms with E-state index in [4.69, 9.17) is 0 Å². The number of unbranched alkanes of at least 4 members (excludes halogenated alkanes) is 3. The molecule has 2 rings (SSSR count). The summed E-state index contributed by atoms with van der Waals surface area (Å²) in [5, 5.41) is 10.6. The first-order valence-electron chi connectivity index (χ1n) is 8.38. The number of hydrogen-bond acceptors (Lipinski definition) is 6. The minimum Gasteiger partial charge on any atom is -0.338 e. The van der Waals surface area contributed by atoms with Crippen LogP contribution in [-0.2, 0) is 0 Å². The predicted molar refractivity (Wildman–Crippen MR) is 96.6 cm³/mol. The summed E-state index contributed by atoms with van der Waals surface area (Å²) in [5.41, 5.74) is 0. The third-order valence-electron chi connectivity index (χ3n) is 3.26. The van der Waals surface area contributed by atoms with Gasteiger partial charge in [0.15, 0.2) is 0 Å². The van der Waals surface area contributed by atoms with Crippen molar-refractivity contribution in [2.45, 2.75) is 25.7 Å². The molecule has 4 N–H and O–H groups in total. The lowest BCUT2D eigenvalue weighted by Crippen LogP contribution is -2.30. The molecule has 138 valence electrons. The Hall–Kier alpha value is -3.30. The van der Waals surface area contributed by atoms with Crippen LogP contribution in [-0.4, -0.2) is 45.1 Å². The van der Waals surface area contributed by atoms with E-state index in [0.717, 1.165) is 25.7 Å². The number of amides is 4. The van der Waals surface area contributed by atoms with E-state index in [-0.39, 0.29) is 24.0 Å². The number of nitrogens with one attached hydrogen (secondary N) is 4. The zero-order valence-electron chi connectivity index (χ0n) is 14.3. The maximum Gasteiger partial charge on any atom is 0.321 e. The standard InChI is InChI=1S/C16H22N8O2/c25-15(23-13-17-9-5-10-18-13)21-7-3-1-2-4-8-22-16(26)24-14-19-11-6-12-20-14/h5-6,9-12H,1-4,7-8H2,(H2,17,18,21,23,25)(H2,19,20,22,24,26). The van der Waals surface area contributed by atoms with Crippen LogP contribution in [0.3, 0.4) is 0 Å². The average Bonchev–Trinajstić information content (AvgIpc) is 2.65. The third-order valence-corrected chi connectivity index (χ3v) is 3.26. The minimum absolute atomic E-state index is 0.273. The van der Waals surface area contributed by atoms with Crippen LogP contribution in [0.2, 0.25) is 0 Å². The molecule has 0 radical (unpaired) electrons. The Morgan fingerprint density at radius 2 is 1.04 bits per heavy atom. The number of carbonyl (C=O) groups excluding carboxylic acids is 2. The second-order valence-corrected chi connectivity index (χ2v) is 5.32. The fraction of sp³-hybridized carbons (Fsp3) is 0.375. The lowest BCUT2D eigenvalue weighted by Gasteiger charge is -2.07. The highest BCUT2D eigenvalue weighted by Crippen LogP contribution is 1.99. The van der Waals surface area contributed by atoms with Crippen molar-refractivity contribution < 1.29 is 9.59 Å². The van der Waals surface area contributed by atoms with Crippen molar-refractivity contribution in [3.63, 3.8) is 0 Å². The highest BCUT2D eigenvalue weighted by Gasteiger charge is 2.03. The number of nitrogens with zero attached hydrogens (tertiary/aromatic N) is 4. The Labute approximate surface area is 151 Å². The maximum atomic E-state index is 11.6. The first kappa shape index (κ1) is 19.0. The van der Waals surface area contributed by atoms with Gasteiger partial charge in [-0.25, -0.2) is 29.5 Å². The summed E-state index contributed by atoms with van der Waals surface area (Å²) in [4.78, 5) is 38.8. The topological polar surface area (TPSA) is 134 Å². The fourth-order valence-electron chi connectivity index (χ4n) is 2.03. The molecular weight excluding hydrogens is 336 g/mol. The van der Waals surface area contributed by atoms with Crippen molar-refractivity contribution in [1.82, 2.24) is 30.6 Å². The molecule has 2 aromatic heterocycles. The van der Waals surface area contributed by atoms with E-state index < -0.39 is 0 Å². The molecule has 0 atom stereocenters. The van der Waals surface area contributed by atoms with Crippen molar-refractivity contribution in [2.24, 2.45) is 0 Å². The monoisotopic (exact) mass is 358 g/mol. The quantitative estimate of drug-likeness (QED) is 0.505. The molecule has 0 aromatic carbocycles. The first-order chi connectivity index (χ1) is 12.7. The number of carbonyl (C=O) groups is 2. The van der Waals surface area contributed by atoms with Crippen LogP contribution in [0.15, 0.2) is 36.9 Å². The van der Waals surface area contributed by atoms with Crippen LogP contribution >= 0.6 is 0 Å². The molecule has 0 bridgehead atoms. The highest BCUT2D eigenvalue weighted by atomic mass is 16.2. The number of rotatable bonds is 9. The van der Waals surface area contributed by atoms with Gasteiger partial charge in [0.2, 0.25) is 11.9 Å². The molecule has 0 saturated heterocycles. The average molecular weight is 358 g/mol. The van der Waals surface area contributed by atoms with Gasteiger partial charge < -0.3 is 10.6 Å². The Balaban J connectivity index is 1.43. The largest absolute Gasteiger partial charge is 0.338 e. The van der Waals surface area contributed by atoms with E-state index in [1.54, 1.807) is 36.9 Å². The van der Waals surface area contributed by atoms with Gasteiger partial charge in [0, 0.05) is 37.9 Å². The van der Waals surface area contributed by atoms with Gasteiger partial charge in [0.1, 0.15) is 0 Å². The van der Waals surface area contributed by atoms with Crippen molar-refractivity contribution in [1.29, 1.82) is 0 Å². The van der Waals surface area contributed by atoms with Gasteiger partial charge in [-0.15, -0.1) is 0 Å². The normalized spacial score (nSPS) is 10.0. The van der Waals surface area contributed by atoms with Crippen LogP contribution in [0.5, 0.6) is 0 Å². The van der Waals surface area contributed by atoms with Crippen LogP contribution < -0.4 is 21.3 Å². The summed E-state index contributed by atoms with van der Waals surface area (Å²) in [7, 11) is 0. The number of hydrogen-bond donors (Lipinski definition) is 4. The van der Waals surface area contributed by atoms with E-state index in [2.05, 4.69) is 41.2 Å². The van der Waals surface area contributed by atoms with E-state index in [9.17, 15) is 9.59 Å². The maximum absolute atomic E-state index is 11.6. The van der Waals surface area contributed by atoms with Gasteiger partial charge in [-0.1, -0.05) is 12.8 Å². The summed E-state index contributed by atoms with van der Waals surface area (Å²) in [6.45, 7) is 1.13. The van der Waals surface area contributed by atoms with Gasteiger partial charge in [-0.05, 0) is 25.0 Å². The Kier molecular flexibility index (Phi) is 8.26. The lowest BCUT2D eigenvalue weighted by atomic mass is 10.2. The van der Waals surface area contributed by atoms with Gasteiger partial charge in [0.25, 0.3) is 0 Å². The SMILES string of the molecule is O=C(NCCCCCCNC(=O)Nc1ncccn1)Nc1ncccn1. The zero-order chi connectivity index (χ0) is 18.5. The van der Waals surface area contributed by atoms with E-state index in [0.29, 0.717) is 13.1 Å². The first-order valence-corrected chi connectivity index (χ1v) is 8.38. The minimum atomic E-state index is -0.322. The van der Waals surface area contributed by atoms with Crippen molar-refractivity contribution in [3.05, 3.63) is 36.9 Å². The molecule has 0 aliphatic heterocycles. The van der Waals surface area contributed by atoms with Gasteiger partial charge >= 0.3 is 12.1 Å². The zero-order valence-corrected chi connectivity index (χ0v) is 14.3. The molecule has 26 heavy (non-hydrogen) atoms. The molecule has 0 fully saturated rings. The third kappa shape index (κ3) is 7.99. The predicted octanol–water partition coefficient (Wildman–Crippen LogP) is 1.77. The second-order valence-electron chi connectivity index (χ2n) is 5.32. The molecule has 10 nitrogen and oxygen atoms in total.